The van der Waals surface area contributed by atoms with Gasteiger partial charge < -0.3 is 4.52 Å². The normalized spacial score (nSPS) is 31.5. The second-order valence-electron chi connectivity index (χ2n) is 3.48. The Kier molecular flexibility index (Phi) is 3.35. The number of rotatable bonds is 2. The predicted octanol–water partition coefficient (Wildman–Crippen LogP) is 2.18. The fourth-order valence-electron chi connectivity index (χ4n) is 1.35. The van der Waals surface area contributed by atoms with E-state index in [1.165, 1.54) is 0 Å². The van der Waals surface area contributed by atoms with Crippen molar-refractivity contribution < 1.29 is 9.32 Å². The first-order valence-electron chi connectivity index (χ1n) is 4.76. The van der Waals surface area contributed by atoms with Crippen molar-refractivity contribution in [3.63, 3.8) is 0 Å². The van der Waals surface area contributed by atoms with E-state index in [1.807, 2.05) is 23.5 Å². The van der Waals surface area contributed by atoms with Crippen LogP contribution in [0.15, 0.2) is 4.52 Å². The zero-order valence-electron chi connectivity index (χ0n) is 8.54. The minimum atomic E-state index is 0.0712. The van der Waals surface area contributed by atoms with E-state index in [4.69, 9.17) is 4.52 Å². The van der Waals surface area contributed by atoms with Crippen LogP contribution in [-0.4, -0.2) is 32.7 Å². The van der Waals surface area contributed by atoms with Crippen LogP contribution in [0.25, 0.3) is 0 Å². The maximum atomic E-state index is 10.4. The van der Waals surface area contributed by atoms with Gasteiger partial charge in [0, 0.05) is 16.3 Å². The van der Waals surface area contributed by atoms with Crippen molar-refractivity contribution in [2.24, 2.45) is 0 Å². The molecule has 1 saturated heterocycles. The van der Waals surface area contributed by atoms with Crippen LogP contribution in [0, 0.1) is 0 Å². The smallest absolute Gasteiger partial charge is 0.290 e. The van der Waals surface area contributed by atoms with Crippen molar-refractivity contribution >= 4 is 29.8 Å². The summed E-state index contributed by atoms with van der Waals surface area (Å²) >= 11 is 3.76. The van der Waals surface area contributed by atoms with Crippen LogP contribution in [0.3, 0.4) is 0 Å². The van der Waals surface area contributed by atoms with E-state index < -0.39 is 0 Å². The molecule has 0 aliphatic carbocycles. The summed E-state index contributed by atoms with van der Waals surface area (Å²) in [5.41, 5.74) is 0. The topological polar surface area (TPSA) is 56.0 Å². The van der Waals surface area contributed by atoms with Crippen LogP contribution in [0.5, 0.6) is 0 Å². The highest BCUT2D eigenvalue weighted by atomic mass is 32.2. The Morgan fingerprint density at radius 2 is 2.27 bits per heavy atom. The number of thioether (sulfide) groups is 2. The van der Waals surface area contributed by atoms with Crippen molar-refractivity contribution in [1.29, 1.82) is 0 Å². The minimum Gasteiger partial charge on any atom is -0.331 e. The molecule has 82 valence electrons. The summed E-state index contributed by atoms with van der Waals surface area (Å²) in [5, 5.41) is 5.30. The van der Waals surface area contributed by atoms with Crippen molar-refractivity contribution in [2.45, 2.75) is 29.6 Å². The van der Waals surface area contributed by atoms with Gasteiger partial charge in [0.15, 0.2) is 5.82 Å². The molecule has 15 heavy (non-hydrogen) atoms. The number of hydrogen-bond acceptors (Lipinski definition) is 6. The lowest BCUT2D eigenvalue weighted by molar-refractivity contribution is 0.108. The van der Waals surface area contributed by atoms with Gasteiger partial charge in [-0.1, -0.05) is 19.0 Å². The highest BCUT2D eigenvalue weighted by Crippen LogP contribution is 2.43. The summed E-state index contributed by atoms with van der Waals surface area (Å²) in [6, 6.07) is 0. The van der Waals surface area contributed by atoms with Crippen LogP contribution in [0.4, 0.5) is 0 Å². The van der Waals surface area contributed by atoms with Gasteiger partial charge in [-0.2, -0.15) is 16.7 Å². The summed E-state index contributed by atoms with van der Waals surface area (Å²) in [6.45, 7) is 4.43. The predicted molar refractivity (Wildman–Crippen MR) is 61.4 cm³/mol. The first kappa shape index (κ1) is 11.0. The van der Waals surface area contributed by atoms with E-state index in [9.17, 15) is 4.79 Å². The average Bonchev–Trinajstić information content (AvgIpc) is 2.70. The van der Waals surface area contributed by atoms with Gasteiger partial charge in [0.25, 0.3) is 5.89 Å². The van der Waals surface area contributed by atoms with Crippen molar-refractivity contribution in [2.75, 3.05) is 5.75 Å². The van der Waals surface area contributed by atoms with Crippen molar-refractivity contribution in [1.82, 2.24) is 10.1 Å². The molecule has 1 aliphatic heterocycles. The monoisotopic (exact) mass is 244 g/mol. The summed E-state index contributed by atoms with van der Waals surface area (Å²) in [5.74, 6) is 1.70. The molecule has 1 aromatic rings. The number of aromatic nitrogens is 2. The third-order valence-electron chi connectivity index (χ3n) is 2.40. The third-order valence-corrected chi connectivity index (χ3v) is 5.78. The molecule has 0 bridgehead atoms. The Labute approximate surface area is 96.6 Å². The molecule has 1 aliphatic rings. The number of nitrogens with zero attached hydrogens (tertiary/aromatic N) is 2. The van der Waals surface area contributed by atoms with E-state index >= 15 is 0 Å². The maximum absolute atomic E-state index is 10.4. The molecular formula is C9H12N2O2S2. The Morgan fingerprint density at radius 3 is 2.87 bits per heavy atom. The van der Waals surface area contributed by atoms with Gasteiger partial charge >= 0.3 is 0 Å². The van der Waals surface area contributed by atoms with Crippen LogP contribution >= 0.6 is 23.5 Å². The molecule has 1 aromatic heterocycles. The molecule has 0 saturated carbocycles. The van der Waals surface area contributed by atoms with Crippen LogP contribution in [-0.2, 0) is 0 Å². The van der Waals surface area contributed by atoms with E-state index in [0.717, 1.165) is 5.75 Å². The molecule has 4 nitrogen and oxygen atoms in total. The van der Waals surface area contributed by atoms with Gasteiger partial charge in [0.1, 0.15) is 0 Å². The summed E-state index contributed by atoms with van der Waals surface area (Å²) in [7, 11) is 0. The molecule has 0 spiro atoms. The lowest BCUT2D eigenvalue weighted by atomic mass is 10.3. The summed E-state index contributed by atoms with van der Waals surface area (Å²) in [4.78, 5) is 14.4. The Bertz CT molecular complexity index is 356. The maximum Gasteiger partial charge on any atom is 0.290 e. The molecule has 6 heteroatoms. The van der Waals surface area contributed by atoms with E-state index in [1.54, 1.807) is 0 Å². The molecule has 3 unspecified atom stereocenters. The Hall–Kier alpha value is -0.490. The fourth-order valence-corrected chi connectivity index (χ4v) is 4.18. The summed E-state index contributed by atoms with van der Waals surface area (Å²) < 4.78 is 4.78. The van der Waals surface area contributed by atoms with Crippen molar-refractivity contribution in [3.05, 3.63) is 11.7 Å². The lowest BCUT2D eigenvalue weighted by Gasteiger charge is -2.29. The lowest BCUT2D eigenvalue weighted by Crippen LogP contribution is -2.22. The SMILES string of the molecule is CC1SCC(c2noc(C=O)n2)SC1C. The van der Waals surface area contributed by atoms with E-state index in [-0.39, 0.29) is 11.1 Å². The van der Waals surface area contributed by atoms with E-state index in [2.05, 4.69) is 24.0 Å². The van der Waals surface area contributed by atoms with Crippen LogP contribution in [0.1, 0.15) is 35.6 Å². The fraction of sp³-hybridized carbons (Fsp3) is 0.667. The number of aldehydes is 1. The second-order valence-corrected chi connectivity index (χ2v) is 6.47. The standard InChI is InChI=1S/C9H12N2O2S2/c1-5-6(2)15-7(4-14-5)9-10-8(3-12)13-11-9/h3,5-7H,4H2,1-2H3. The Balaban J connectivity index is 2.08. The molecule has 0 N–H and O–H groups in total. The van der Waals surface area contributed by atoms with Gasteiger partial charge in [-0.3, -0.25) is 4.79 Å². The molecule has 0 amide bonds. The minimum absolute atomic E-state index is 0.0712. The highest BCUT2D eigenvalue weighted by Gasteiger charge is 2.29. The zero-order chi connectivity index (χ0) is 10.8. The third kappa shape index (κ3) is 2.36. The van der Waals surface area contributed by atoms with Gasteiger partial charge in [0.05, 0.1) is 5.25 Å². The van der Waals surface area contributed by atoms with Gasteiger partial charge in [-0.05, 0) is 0 Å². The molecule has 0 radical (unpaired) electrons. The van der Waals surface area contributed by atoms with E-state index in [0.29, 0.717) is 22.6 Å². The molecule has 0 aromatic carbocycles. The molecule has 3 atom stereocenters. The molecule has 2 heterocycles. The highest BCUT2D eigenvalue weighted by molar-refractivity contribution is 8.07. The number of carbonyl (C=O) groups is 1. The Morgan fingerprint density at radius 1 is 1.47 bits per heavy atom. The van der Waals surface area contributed by atoms with Crippen LogP contribution < -0.4 is 0 Å². The molecular weight excluding hydrogens is 232 g/mol. The first-order valence-corrected chi connectivity index (χ1v) is 6.75. The van der Waals surface area contributed by atoms with Gasteiger partial charge in [0.2, 0.25) is 6.29 Å². The largest absolute Gasteiger partial charge is 0.331 e. The molecule has 2 rings (SSSR count). The number of carbonyl (C=O) groups excluding carboxylic acids is 1. The van der Waals surface area contributed by atoms with Gasteiger partial charge in [-0.15, -0.1) is 11.8 Å². The average molecular weight is 244 g/mol. The quantitative estimate of drug-likeness (QED) is 0.743. The van der Waals surface area contributed by atoms with Crippen molar-refractivity contribution in [3.8, 4) is 0 Å². The second kappa shape index (κ2) is 4.57. The number of hydrogen-bond donors (Lipinski definition) is 0. The zero-order valence-corrected chi connectivity index (χ0v) is 10.2. The van der Waals surface area contributed by atoms with Crippen LogP contribution in [0.2, 0.25) is 0 Å². The molecule has 1 fully saturated rings. The first-order chi connectivity index (χ1) is 7.20. The van der Waals surface area contributed by atoms with Gasteiger partial charge in [-0.25, -0.2) is 0 Å². The summed E-state index contributed by atoms with van der Waals surface area (Å²) in [6.07, 6.45) is 0.586.